The smallest absolute Gasteiger partial charge is 0.244 e. The second-order valence-corrected chi connectivity index (χ2v) is 6.75. The number of halogens is 2. The second-order valence-electron chi connectivity index (χ2n) is 4.06. The lowest BCUT2D eigenvalue weighted by Crippen LogP contribution is -2.34. The maximum Gasteiger partial charge on any atom is 0.244 e. The molecule has 0 unspecified atom stereocenters. The van der Waals surface area contributed by atoms with E-state index in [1.54, 1.807) is 0 Å². The third-order valence-corrected chi connectivity index (χ3v) is 5.68. The van der Waals surface area contributed by atoms with Crippen molar-refractivity contribution < 1.29 is 13.2 Å². The molecule has 5 nitrogen and oxygen atoms in total. The molecule has 1 aromatic carbocycles. The molecule has 2 rings (SSSR count). The van der Waals surface area contributed by atoms with E-state index in [2.05, 4.69) is 5.32 Å². The quantitative estimate of drug-likeness (QED) is 0.897. The summed E-state index contributed by atoms with van der Waals surface area (Å²) in [6.45, 7) is 0.643. The lowest BCUT2D eigenvalue weighted by atomic mass is 10.4. The van der Waals surface area contributed by atoms with Crippen LogP contribution in [-0.2, 0) is 14.8 Å². The van der Waals surface area contributed by atoms with E-state index in [1.807, 2.05) is 0 Å². The molecule has 1 heterocycles. The normalized spacial score (nSPS) is 17.9. The monoisotopic (exact) mass is 322 g/mol. The summed E-state index contributed by atoms with van der Waals surface area (Å²) in [6.07, 6.45) is 0.136. The largest absolute Gasteiger partial charge is 0.355 e. The molecule has 104 valence electrons. The Hall–Kier alpha value is -0.820. The van der Waals surface area contributed by atoms with Gasteiger partial charge in [0.25, 0.3) is 0 Å². The van der Waals surface area contributed by atoms with E-state index in [0.717, 1.165) is 0 Å². The Morgan fingerprint density at radius 3 is 2.68 bits per heavy atom. The number of carbonyl (C=O) groups is 1. The van der Waals surface area contributed by atoms with Crippen molar-refractivity contribution in [1.82, 2.24) is 9.62 Å². The van der Waals surface area contributed by atoms with E-state index in [0.29, 0.717) is 0 Å². The van der Waals surface area contributed by atoms with E-state index < -0.39 is 10.0 Å². The number of nitrogens with zero attached hydrogens (tertiary/aromatic N) is 1. The fourth-order valence-electron chi connectivity index (χ4n) is 1.81. The number of benzene rings is 1. The number of sulfonamides is 1. The molecular formula is C11H12Cl2N2O3S. The third-order valence-electron chi connectivity index (χ3n) is 2.81. The minimum atomic E-state index is -3.74. The third kappa shape index (κ3) is 3.02. The molecule has 1 aromatic rings. The van der Waals surface area contributed by atoms with Crippen molar-refractivity contribution in [3.63, 3.8) is 0 Å². The molecule has 0 radical (unpaired) electrons. The molecule has 0 aromatic heterocycles. The molecule has 0 saturated carbocycles. The van der Waals surface area contributed by atoms with Gasteiger partial charge in [-0.1, -0.05) is 29.3 Å². The van der Waals surface area contributed by atoms with Crippen LogP contribution in [0.4, 0.5) is 0 Å². The van der Waals surface area contributed by atoms with Gasteiger partial charge in [-0.15, -0.1) is 0 Å². The summed E-state index contributed by atoms with van der Waals surface area (Å²) in [5, 5.41) is 2.81. The minimum Gasteiger partial charge on any atom is -0.355 e. The predicted octanol–water partition coefficient (Wildman–Crippen LogP) is 1.50. The molecule has 0 aliphatic carbocycles. The van der Waals surface area contributed by atoms with Crippen LogP contribution in [0.15, 0.2) is 23.1 Å². The Bertz CT molecular complexity index is 604. The van der Waals surface area contributed by atoms with Crippen molar-refractivity contribution in [2.24, 2.45) is 0 Å². The number of rotatable bonds is 2. The highest BCUT2D eigenvalue weighted by Gasteiger charge is 2.29. The Labute approximate surface area is 121 Å². The molecule has 0 spiro atoms. The van der Waals surface area contributed by atoms with Crippen molar-refractivity contribution in [2.45, 2.75) is 11.3 Å². The first-order valence-corrected chi connectivity index (χ1v) is 7.83. The molecule has 1 fully saturated rings. The SMILES string of the molecule is O=C1CCN(S(=O)(=O)c2cccc(Cl)c2Cl)CCN1. The van der Waals surface area contributed by atoms with Crippen LogP contribution in [0, 0.1) is 0 Å². The first-order chi connectivity index (χ1) is 8.93. The van der Waals surface area contributed by atoms with E-state index in [9.17, 15) is 13.2 Å². The molecule has 0 bridgehead atoms. The summed E-state index contributed by atoms with van der Waals surface area (Å²) in [4.78, 5) is 11.2. The molecular weight excluding hydrogens is 311 g/mol. The summed E-state index contributed by atoms with van der Waals surface area (Å²) in [5.74, 6) is -0.158. The Kier molecular flexibility index (Phi) is 4.35. The average molecular weight is 323 g/mol. The molecule has 1 N–H and O–H groups in total. The highest BCUT2D eigenvalue weighted by molar-refractivity contribution is 7.89. The first kappa shape index (κ1) is 14.6. The molecule has 1 aliphatic heterocycles. The van der Waals surface area contributed by atoms with Crippen LogP contribution in [0.25, 0.3) is 0 Å². The van der Waals surface area contributed by atoms with Gasteiger partial charge in [-0.05, 0) is 12.1 Å². The van der Waals surface area contributed by atoms with E-state index in [1.165, 1.54) is 22.5 Å². The van der Waals surface area contributed by atoms with Gasteiger partial charge >= 0.3 is 0 Å². The topological polar surface area (TPSA) is 66.5 Å². The van der Waals surface area contributed by atoms with Crippen LogP contribution < -0.4 is 5.32 Å². The van der Waals surface area contributed by atoms with Gasteiger partial charge in [-0.25, -0.2) is 8.42 Å². The average Bonchev–Trinajstić information content (AvgIpc) is 2.57. The van der Waals surface area contributed by atoms with Crippen LogP contribution >= 0.6 is 23.2 Å². The van der Waals surface area contributed by atoms with Crippen molar-refractivity contribution in [2.75, 3.05) is 19.6 Å². The van der Waals surface area contributed by atoms with Crippen LogP contribution in [0.2, 0.25) is 10.0 Å². The molecule has 1 amide bonds. The maximum absolute atomic E-state index is 12.5. The summed E-state index contributed by atoms with van der Waals surface area (Å²) < 4.78 is 26.2. The maximum atomic E-state index is 12.5. The predicted molar refractivity (Wildman–Crippen MR) is 72.8 cm³/mol. The fourth-order valence-corrected chi connectivity index (χ4v) is 3.99. The molecule has 1 saturated heterocycles. The Morgan fingerprint density at radius 2 is 1.95 bits per heavy atom. The highest BCUT2D eigenvalue weighted by atomic mass is 35.5. The van der Waals surface area contributed by atoms with Crippen molar-refractivity contribution in [1.29, 1.82) is 0 Å². The van der Waals surface area contributed by atoms with Crippen LogP contribution in [0.1, 0.15) is 6.42 Å². The minimum absolute atomic E-state index is 0.00713. The lowest BCUT2D eigenvalue weighted by Gasteiger charge is -2.20. The lowest BCUT2D eigenvalue weighted by molar-refractivity contribution is -0.120. The van der Waals surface area contributed by atoms with Crippen molar-refractivity contribution >= 4 is 39.1 Å². The number of amides is 1. The molecule has 19 heavy (non-hydrogen) atoms. The summed E-state index contributed by atoms with van der Waals surface area (Å²) in [5.41, 5.74) is 0. The van der Waals surface area contributed by atoms with Gasteiger partial charge in [-0.2, -0.15) is 4.31 Å². The summed E-state index contributed by atoms with van der Waals surface area (Å²) in [6, 6.07) is 4.46. The zero-order chi connectivity index (χ0) is 14.0. The molecule has 8 heteroatoms. The molecule has 0 atom stereocenters. The van der Waals surface area contributed by atoms with Gasteiger partial charge in [0.1, 0.15) is 4.90 Å². The van der Waals surface area contributed by atoms with Crippen LogP contribution in [0.3, 0.4) is 0 Å². The van der Waals surface area contributed by atoms with E-state index in [-0.39, 0.29) is 46.9 Å². The van der Waals surface area contributed by atoms with Gasteiger partial charge in [-0.3, -0.25) is 4.79 Å². The van der Waals surface area contributed by atoms with Crippen LogP contribution in [0.5, 0.6) is 0 Å². The van der Waals surface area contributed by atoms with E-state index >= 15 is 0 Å². The Morgan fingerprint density at radius 1 is 1.21 bits per heavy atom. The highest BCUT2D eigenvalue weighted by Crippen LogP contribution is 2.31. The zero-order valence-electron chi connectivity index (χ0n) is 9.90. The fraction of sp³-hybridized carbons (Fsp3) is 0.364. The van der Waals surface area contributed by atoms with Crippen molar-refractivity contribution in [3.8, 4) is 0 Å². The van der Waals surface area contributed by atoms with Gasteiger partial charge in [0.2, 0.25) is 15.9 Å². The number of carbonyl (C=O) groups excluding carboxylic acids is 1. The Balaban J connectivity index is 2.36. The van der Waals surface area contributed by atoms with E-state index in [4.69, 9.17) is 23.2 Å². The van der Waals surface area contributed by atoms with Gasteiger partial charge in [0.15, 0.2) is 0 Å². The van der Waals surface area contributed by atoms with Crippen LogP contribution in [-0.4, -0.2) is 38.3 Å². The van der Waals surface area contributed by atoms with Gasteiger partial charge in [0, 0.05) is 26.1 Å². The van der Waals surface area contributed by atoms with Gasteiger partial charge in [0.05, 0.1) is 10.0 Å². The number of hydrogen-bond acceptors (Lipinski definition) is 3. The van der Waals surface area contributed by atoms with Crippen molar-refractivity contribution in [3.05, 3.63) is 28.2 Å². The summed E-state index contributed by atoms with van der Waals surface area (Å²) >= 11 is 11.8. The number of nitrogens with one attached hydrogen (secondary N) is 1. The van der Waals surface area contributed by atoms with Gasteiger partial charge < -0.3 is 5.32 Å². The molecule has 1 aliphatic rings. The first-order valence-electron chi connectivity index (χ1n) is 5.64. The standard InChI is InChI=1S/C11H12Cl2N2O3S/c12-8-2-1-3-9(11(8)13)19(17,18)15-6-4-10(16)14-5-7-15/h1-3H,4-7H2,(H,14,16). The second kappa shape index (κ2) is 5.66. The zero-order valence-corrected chi connectivity index (χ0v) is 12.2. The number of hydrogen-bond donors (Lipinski definition) is 1. The summed E-state index contributed by atoms with van der Waals surface area (Å²) in [7, 11) is -3.74.